The molecule has 0 N–H and O–H groups in total. The van der Waals surface area contributed by atoms with Crippen LogP contribution in [0.4, 0.5) is 0 Å². The predicted molar refractivity (Wildman–Crippen MR) is 115 cm³/mol. The highest BCUT2D eigenvalue weighted by molar-refractivity contribution is 5.72. The van der Waals surface area contributed by atoms with Crippen molar-refractivity contribution in [2.24, 2.45) is 0 Å². The molecule has 1 aliphatic rings. The maximum atomic E-state index is 6.40. The Kier molecular flexibility index (Phi) is 4.21. The van der Waals surface area contributed by atoms with Gasteiger partial charge in [-0.1, -0.05) is 97.9 Å². The van der Waals surface area contributed by atoms with Crippen molar-refractivity contribution in [2.75, 3.05) is 0 Å². The largest absolute Gasteiger partial charge is 0.456 e. The first-order valence-corrected chi connectivity index (χ1v) is 9.89. The smallest absolute Gasteiger partial charge is 0.134 e. The molecule has 0 spiro atoms. The van der Waals surface area contributed by atoms with Gasteiger partial charge in [-0.05, 0) is 34.7 Å². The lowest BCUT2D eigenvalue weighted by Crippen LogP contribution is -2.13. The highest BCUT2D eigenvalue weighted by Gasteiger charge is 2.31. The van der Waals surface area contributed by atoms with Gasteiger partial charge in [0.2, 0.25) is 0 Å². The number of hydrogen-bond donors (Lipinski definition) is 0. The van der Waals surface area contributed by atoms with Crippen LogP contribution in [0.1, 0.15) is 35.1 Å². The molecule has 1 unspecified atom stereocenters. The van der Waals surface area contributed by atoms with E-state index in [0.717, 1.165) is 17.9 Å². The lowest BCUT2D eigenvalue weighted by Gasteiger charge is -2.31. The van der Waals surface area contributed by atoms with E-state index in [2.05, 4.69) is 104 Å². The van der Waals surface area contributed by atoms with Crippen LogP contribution < -0.4 is 4.74 Å². The molecule has 1 heteroatoms. The first-order chi connectivity index (χ1) is 13.9. The van der Waals surface area contributed by atoms with Crippen LogP contribution in [0.2, 0.25) is 0 Å². The topological polar surface area (TPSA) is 9.23 Å². The van der Waals surface area contributed by atoms with Gasteiger partial charge in [-0.2, -0.15) is 0 Å². The van der Waals surface area contributed by atoms with Gasteiger partial charge in [-0.3, -0.25) is 0 Å². The molecule has 1 atom stereocenters. The van der Waals surface area contributed by atoms with Crippen molar-refractivity contribution < 1.29 is 4.74 Å². The fraction of sp³-hybridized carbons (Fsp3) is 0.111. The van der Waals surface area contributed by atoms with Crippen LogP contribution >= 0.6 is 0 Å². The van der Waals surface area contributed by atoms with E-state index >= 15 is 0 Å². The van der Waals surface area contributed by atoms with Gasteiger partial charge in [0.25, 0.3) is 0 Å². The minimum absolute atomic E-state index is 0.155. The number of ether oxygens (including phenoxy) is 1. The van der Waals surface area contributed by atoms with E-state index in [1.807, 2.05) is 0 Å². The fourth-order valence-electron chi connectivity index (χ4n) is 4.29. The molecule has 0 saturated carbocycles. The van der Waals surface area contributed by atoms with E-state index in [1.165, 1.54) is 33.4 Å². The second-order valence-electron chi connectivity index (χ2n) is 7.22. The minimum atomic E-state index is 0.155. The van der Waals surface area contributed by atoms with Gasteiger partial charge < -0.3 is 4.74 Å². The summed E-state index contributed by atoms with van der Waals surface area (Å²) < 4.78 is 6.40. The summed E-state index contributed by atoms with van der Waals surface area (Å²) in [6, 6.07) is 34.4. The van der Waals surface area contributed by atoms with Gasteiger partial charge in [0, 0.05) is 17.0 Å². The van der Waals surface area contributed by atoms with Gasteiger partial charge in [0.1, 0.15) is 11.5 Å². The van der Waals surface area contributed by atoms with Crippen molar-refractivity contribution in [1.82, 2.24) is 0 Å². The molecule has 136 valence electrons. The quantitative estimate of drug-likeness (QED) is 0.330. The zero-order chi connectivity index (χ0) is 18.9. The van der Waals surface area contributed by atoms with E-state index in [9.17, 15) is 0 Å². The van der Waals surface area contributed by atoms with Crippen LogP contribution in [0, 0.1) is 0 Å². The Morgan fingerprint density at radius 1 is 0.643 bits per heavy atom. The van der Waals surface area contributed by atoms with Crippen molar-refractivity contribution >= 4 is 0 Å². The van der Waals surface area contributed by atoms with Gasteiger partial charge in [-0.15, -0.1) is 0 Å². The van der Waals surface area contributed by atoms with Crippen LogP contribution in [-0.4, -0.2) is 0 Å². The third kappa shape index (κ3) is 2.71. The van der Waals surface area contributed by atoms with Crippen LogP contribution in [0.25, 0.3) is 11.1 Å². The molecule has 1 nitrogen and oxygen atoms in total. The number of hydrogen-bond acceptors (Lipinski definition) is 1. The predicted octanol–water partition coefficient (Wildman–Crippen LogP) is 7.20. The Morgan fingerprint density at radius 2 is 1.32 bits per heavy atom. The summed E-state index contributed by atoms with van der Waals surface area (Å²) in [5, 5.41) is 0. The highest BCUT2D eigenvalue weighted by atomic mass is 16.5. The van der Waals surface area contributed by atoms with E-state index in [-0.39, 0.29) is 5.92 Å². The zero-order valence-corrected chi connectivity index (χ0v) is 15.9. The number of fused-ring (bicyclic) bond motifs is 2. The van der Waals surface area contributed by atoms with Crippen molar-refractivity contribution in [2.45, 2.75) is 19.3 Å². The van der Waals surface area contributed by atoms with E-state index in [0.29, 0.717) is 0 Å². The van der Waals surface area contributed by atoms with Crippen molar-refractivity contribution in [1.29, 1.82) is 0 Å². The number of benzene rings is 4. The fourth-order valence-corrected chi connectivity index (χ4v) is 4.29. The van der Waals surface area contributed by atoms with E-state index < -0.39 is 0 Å². The number of para-hydroxylation sites is 2. The molecule has 0 saturated heterocycles. The second-order valence-corrected chi connectivity index (χ2v) is 7.22. The van der Waals surface area contributed by atoms with Gasteiger partial charge in [-0.25, -0.2) is 0 Å². The van der Waals surface area contributed by atoms with Crippen LogP contribution in [0.15, 0.2) is 97.1 Å². The molecule has 0 bridgehead atoms. The summed E-state index contributed by atoms with van der Waals surface area (Å²) in [4.78, 5) is 0. The molecule has 1 aliphatic heterocycles. The highest BCUT2D eigenvalue weighted by Crippen LogP contribution is 2.50. The number of rotatable bonds is 3. The van der Waals surface area contributed by atoms with Crippen molar-refractivity contribution in [3.63, 3.8) is 0 Å². The third-order valence-electron chi connectivity index (χ3n) is 5.62. The Bertz CT molecular complexity index is 1130. The first-order valence-electron chi connectivity index (χ1n) is 9.89. The number of aryl methyl sites for hydroxylation is 1. The minimum Gasteiger partial charge on any atom is -0.456 e. The van der Waals surface area contributed by atoms with E-state index in [1.54, 1.807) is 0 Å². The molecule has 0 aliphatic carbocycles. The molecule has 4 aromatic carbocycles. The molecule has 4 aromatic rings. The van der Waals surface area contributed by atoms with E-state index in [4.69, 9.17) is 4.74 Å². The molecular weight excluding hydrogens is 340 g/mol. The Hall–Kier alpha value is -3.32. The molecular formula is C27H22O. The average Bonchev–Trinajstić information content (AvgIpc) is 2.77. The standard InChI is InChI=1S/C27H22O/c1-2-19-13-10-17-24-26(23-16-8-9-18-25(23)28-27(19)24)22-15-7-6-14-21(22)20-11-4-3-5-12-20/h3-18,26H,2H2,1H3. The lowest BCUT2D eigenvalue weighted by atomic mass is 9.79. The Balaban J connectivity index is 1.79. The van der Waals surface area contributed by atoms with Crippen molar-refractivity contribution in [3.8, 4) is 22.6 Å². The van der Waals surface area contributed by atoms with Gasteiger partial charge in [0.15, 0.2) is 0 Å². The third-order valence-corrected chi connectivity index (χ3v) is 5.62. The first kappa shape index (κ1) is 16.8. The molecule has 0 amide bonds. The van der Waals surface area contributed by atoms with Crippen LogP contribution in [-0.2, 0) is 6.42 Å². The molecule has 0 radical (unpaired) electrons. The molecule has 0 aromatic heterocycles. The normalized spacial score (nSPS) is 14.7. The Morgan fingerprint density at radius 3 is 2.14 bits per heavy atom. The summed E-state index contributed by atoms with van der Waals surface area (Å²) >= 11 is 0. The zero-order valence-electron chi connectivity index (χ0n) is 15.9. The van der Waals surface area contributed by atoms with Crippen LogP contribution in [0.3, 0.4) is 0 Å². The van der Waals surface area contributed by atoms with Crippen molar-refractivity contribution in [3.05, 3.63) is 119 Å². The average molecular weight is 362 g/mol. The molecule has 1 heterocycles. The lowest BCUT2D eigenvalue weighted by molar-refractivity contribution is 0.447. The summed E-state index contributed by atoms with van der Waals surface area (Å²) in [6.07, 6.45) is 0.957. The summed E-state index contributed by atoms with van der Waals surface area (Å²) in [6.45, 7) is 2.19. The SMILES string of the molecule is CCc1cccc2c1Oc1ccccc1C2c1ccccc1-c1ccccc1. The van der Waals surface area contributed by atoms with Crippen LogP contribution in [0.5, 0.6) is 11.5 Å². The maximum Gasteiger partial charge on any atom is 0.134 e. The molecule has 28 heavy (non-hydrogen) atoms. The summed E-state index contributed by atoms with van der Waals surface area (Å²) in [7, 11) is 0. The van der Waals surface area contributed by atoms with Gasteiger partial charge in [0.05, 0.1) is 0 Å². The molecule has 5 rings (SSSR count). The Labute approximate surface area is 166 Å². The maximum absolute atomic E-state index is 6.40. The molecule has 0 fully saturated rings. The second kappa shape index (κ2) is 7.01. The summed E-state index contributed by atoms with van der Waals surface area (Å²) in [5.74, 6) is 2.14. The summed E-state index contributed by atoms with van der Waals surface area (Å²) in [5.41, 5.74) is 7.58. The monoisotopic (exact) mass is 362 g/mol. The van der Waals surface area contributed by atoms with Gasteiger partial charge >= 0.3 is 0 Å².